The summed E-state index contributed by atoms with van der Waals surface area (Å²) >= 11 is 3.77. The summed E-state index contributed by atoms with van der Waals surface area (Å²) in [4.78, 5) is 10.4. The predicted molar refractivity (Wildman–Crippen MR) is 38.5 cm³/mol. The molecule has 0 aliphatic heterocycles. The molecule has 0 amide bonds. The van der Waals surface area contributed by atoms with Crippen LogP contribution in [0.2, 0.25) is 0 Å². The van der Waals surface area contributed by atoms with E-state index in [2.05, 4.69) is 12.6 Å². The molecule has 0 saturated heterocycles. The molecule has 9 heavy (non-hydrogen) atoms. The van der Waals surface area contributed by atoms with Gasteiger partial charge in [0.1, 0.15) is 5.78 Å². The van der Waals surface area contributed by atoms with Gasteiger partial charge in [-0.15, -0.1) is 0 Å². The van der Waals surface area contributed by atoms with E-state index in [4.69, 9.17) is 10.8 Å². The summed E-state index contributed by atoms with van der Waals surface area (Å²) in [5, 5.41) is 8.87. The van der Waals surface area contributed by atoms with Gasteiger partial charge in [-0.1, -0.05) is 0 Å². The number of aliphatic hydroxyl groups excluding tert-OH is 1. The number of carbonyl (C=O) groups is 1. The molecule has 0 aromatic rings. The molecule has 2 atom stereocenters. The van der Waals surface area contributed by atoms with Crippen LogP contribution in [0, 0.1) is 0 Å². The Balaban J connectivity index is 3.72. The molecule has 2 unspecified atom stereocenters. The van der Waals surface area contributed by atoms with E-state index in [1.54, 1.807) is 0 Å². The van der Waals surface area contributed by atoms with Crippen LogP contribution in [0.1, 0.15) is 6.92 Å². The zero-order valence-corrected chi connectivity index (χ0v) is 6.14. The number of hydrogen-bond donors (Lipinski definition) is 3. The largest absolute Gasteiger partial charge is 0.390 e. The maximum atomic E-state index is 10.4. The molecule has 0 saturated carbocycles. The van der Waals surface area contributed by atoms with Crippen LogP contribution in [-0.2, 0) is 4.79 Å². The highest BCUT2D eigenvalue weighted by Gasteiger charge is 2.16. The number of rotatable bonds is 3. The second kappa shape index (κ2) is 3.87. The van der Waals surface area contributed by atoms with Gasteiger partial charge in [0.2, 0.25) is 0 Å². The van der Waals surface area contributed by atoms with E-state index in [-0.39, 0.29) is 11.5 Å². The lowest BCUT2D eigenvalue weighted by atomic mass is 10.1. The van der Waals surface area contributed by atoms with Crippen LogP contribution in [-0.4, -0.2) is 28.8 Å². The number of thiol groups is 1. The molecule has 0 aromatic heterocycles. The molecule has 0 bridgehead atoms. The van der Waals surface area contributed by atoms with Gasteiger partial charge in [-0.05, 0) is 6.92 Å². The normalized spacial score (nSPS) is 16.9. The summed E-state index contributed by atoms with van der Waals surface area (Å²) in [6, 6.07) is -0.775. The van der Waals surface area contributed by atoms with Crippen molar-refractivity contribution in [3.63, 3.8) is 0 Å². The molecule has 4 heteroatoms. The number of carbonyl (C=O) groups excluding carboxylic acids is 1. The van der Waals surface area contributed by atoms with Gasteiger partial charge in [0.25, 0.3) is 0 Å². The molecule has 3 nitrogen and oxygen atoms in total. The number of nitrogens with two attached hydrogens (primary N) is 1. The SMILES string of the molecule is CC(=O)C(N)C(O)CS. The Labute approximate surface area is 59.6 Å². The molecule has 0 aliphatic carbocycles. The van der Waals surface area contributed by atoms with Crippen LogP contribution in [0.4, 0.5) is 0 Å². The number of Topliss-reactive ketones (excluding diaryl/α,β-unsaturated/α-hetero) is 1. The monoisotopic (exact) mass is 149 g/mol. The van der Waals surface area contributed by atoms with E-state index >= 15 is 0 Å². The van der Waals surface area contributed by atoms with Gasteiger partial charge in [-0.3, -0.25) is 4.79 Å². The Kier molecular flexibility index (Phi) is 3.84. The van der Waals surface area contributed by atoms with Gasteiger partial charge in [-0.25, -0.2) is 0 Å². The second-order valence-corrected chi connectivity index (χ2v) is 2.25. The Morgan fingerprint density at radius 2 is 2.33 bits per heavy atom. The van der Waals surface area contributed by atoms with Crippen molar-refractivity contribution < 1.29 is 9.90 Å². The lowest BCUT2D eigenvalue weighted by Crippen LogP contribution is -2.41. The minimum absolute atomic E-state index is 0.212. The highest BCUT2D eigenvalue weighted by molar-refractivity contribution is 7.80. The van der Waals surface area contributed by atoms with E-state index in [0.29, 0.717) is 0 Å². The Hall–Kier alpha value is -0.0600. The average Bonchev–Trinajstić information content (AvgIpc) is 1.84. The molecule has 0 fully saturated rings. The maximum Gasteiger partial charge on any atom is 0.149 e. The van der Waals surface area contributed by atoms with E-state index in [1.165, 1.54) is 6.92 Å². The fourth-order valence-corrected chi connectivity index (χ4v) is 0.612. The highest BCUT2D eigenvalue weighted by atomic mass is 32.1. The summed E-state index contributed by atoms with van der Waals surface area (Å²) in [5.41, 5.74) is 5.22. The molecule has 0 spiro atoms. The lowest BCUT2D eigenvalue weighted by molar-refractivity contribution is -0.120. The van der Waals surface area contributed by atoms with Crippen molar-refractivity contribution in [3.05, 3.63) is 0 Å². The lowest BCUT2D eigenvalue weighted by Gasteiger charge is -2.12. The standard InChI is InChI=1S/C5H11NO2S/c1-3(7)5(6)4(8)2-9/h4-5,8-9H,2,6H2,1H3. The first-order valence-corrected chi connectivity index (χ1v) is 3.27. The summed E-state index contributed by atoms with van der Waals surface area (Å²) < 4.78 is 0. The van der Waals surface area contributed by atoms with Gasteiger partial charge in [0, 0.05) is 5.75 Å². The Bertz CT molecular complexity index is 107. The predicted octanol–water partition coefficient (Wildman–Crippen LogP) is -0.807. The van der Waals surface area contributed by atoms with Crippen molar-refractivity contribution in [2.45, 2.75) is 19.1 Å². The third-order valence-electron chi connectivity index (χ3n) is 1.07. The average molecular weight is 149 g/mol. The third kappa shape index (κ3) is 2.84. The van der Waals surface area contributed by atoms with Crippen LogP contribution in [0.3, 0.4) is 0 Å². The van der Waals surface area contributed by atoms with E-state index in [9.17, 15) is 4.79 Å². The van der Waals surface area contributed by atoms with Crippen molar-refractivity contribution in [3.8, 4) is 0 Å². The van der Waals surface area contributed by atoms with Crippen LogP contribution < -0.4 is 5.73 Å². The Morgan fingerprint density at radius 3 is 2.44 bits per heavy atom. The molecule has 0 radical (unpaired) electrons. The molecule has 0 aromatic carbocycles. The highest BCUT2D eigenvalue weighted by Crippen LogP contribution is 1.93. The third-order valence-corrected chi connectivity index (χ3v) is 1.45. The van der Waals surface area contributed by atoms with Gasteiger partial charge >= 0.3 is 0 Å². The van der Waals surface area contributed by atoms with Gasteiger partial charge in [0.15, 0.2) is 0 Å². The zero-order valence-electron chi connectivity index (χ0n) is 5.24. The van der Waals surface area contributed by atoms with Crippen molar-refractivity contribution in [2.24, 2.45) is 5.73 Å². The molecule has 0 rings (SSSR count). The maximum absolute atomic E-state index is 10.4. The van der Waals surface area contributed by atoms with E-state index in [0.717, 1.165) is 0 Å². The number of aliphatic hydroxyl groups is 1. The van der Waals surface area contributed by atoms with Crippen molar-refractivity contribution in [2.75, 3.05) is 5.75 Å². The summed E-state index contributed by atoms with van der Waals surface area (Å²) in [5.74, 6) is 0.0114. The first-order valence-electron chi connectivity index (χ1n) is 2.64. The number of hydrogen-bond acceptors (Lipinski definition) is 4. The molecule has 54 valence electrons. The molecule has 0 aliphatic rings. The molecular formula is C5H11NO2S. The van der Waals surface area contributed by atoms with Crippen molar-refractivity contribution in [1.29, 1.82) is 0 Å². The minimum Gasteiger partial charge on any atom is -0.390 e. The van der Waals surface area contributed by atoms with Crippen LogP contribution in [0.5, 0.6) is 0 Å². The smallest absolute Gasteiger partial charge is 0.149 e. The van der Waals surface area contributed by atoms with Gasteiger partial charge in [-0.2, -0.15) is 12.6 Å². The van der Waals surface area contributed by atoms with Gasteiger partial charge in [0.05, 0.1) is 12.1 Å². The topological polar surface area (TPSA) is 63.3 Å². The quantitative estimate of drug-likeness (QED) is 0.460. The molecule has 0 heterocycles. The minimum atomic E-state index is -0.814. The van der Waals surface area contributed by atoms with Crippen LogP contribution >= 0.6 is 12.6 Å². The summed E-state index contributed by atoms with van der Waals surface area (Å²) in [6.07, 6.45) is -0.814. The van der Waals surface area contributed by atoms with Crippen LogP contribution in [0.15, 0.2) is 0 Å². The molecule has 3 N–H and O–H groups in total. The fraction of sp³-hybridized carbons (Fsp3) is 0.800. The van der Waals surface area contributed by atoms with E-state index in [1.807, 2.05) is 0 Å². The molecular weight excluding hydrogens is 138 g/mol. The van der Waals surface area contributed by atoms with Crippen molar-refractivity contribution >= 4 is 18.4 Å². The summed E-state index contributed by atoms with van der Waals surface area (Å²) in [7, 11) is 0. The summed E-state index contributed by atoms with van der Waals surface area (Å²) in [6.45, 7) is 1.34. The van der Waals surface area contributed by atoms with Gasteiger partial charge < -0.3 is 10.8 Å². The number of ketones is 1. The zero-order chi connectivity index (χ0) is 7.44. The second-order valence-electron chi connectivity index (χ2n) is 1.89. The van der Waals surface area contributed by atoms with Crippen LogP contribution in [0.25, 0.3) is 0 Å². The fourth-order valence-electron chi connectivity index (χ4n) is 0.384. The first kappa shape index (κ1) is 8.94. The first-order chi connectivity index (χ1) is 4.09. The van der Waals surface area contributed by atoms with Crippen molar-refractivity contribution in [1.82, 2.24) is 0 Å². The Morgan fingerprint density at radius 1 is 1.89 bits per heavy atom. The van der Waals surface area contributed by atoms with E-state index < -0.39 is 12.1 Å².